The molecule has 0 aromatic rings. The quantitative estimate of drug-likeness (QED) is 0.0204. The van der Waals surface area contributed by atoms with Crippen LogP contribution >= 0.6 is 0 Å². The Morgan fingerprint density at radius 2 is 0.787 bits per heavy atom. The molecule has 0 spiro atoms. The highest BCUT2D eigenvalue weighted by molar-refractivity contribution is 5.76. The molecule has 80 heavy (non-hydrogen) atoms. The summed E-state index contributed by atoms with van der Waals surface area (Å²) in [7, 11) is 0. The van der Waals surface area contributed by atoms with E-state index in [1.807, 2.05) is 0 Å². The normalized spacial score (nSPS) is 24.2. The number of amides is 1. The van der Waals surface area contributed by atoms with Gasteiger partial charge in [-0.05, 0) is 38.5 Å². The van der Waals surface area contributed by atoms with Crippen LogP contribution in [0, 0.1) is 0 Å². The average Bonchev–Trinajstić information content (AvgIpc) is 3.46. The van der Waals surface area contributed by atoms with E-state index in [0.29, 0.717) is 19.3 Å². The molecule has 2 aliphatic heterocycles. The van der Waals surface area contributed by atoms with Crippen LogP contribution in [0.4, 0.5) is 0 Å². The number of carbonyl (C=O) groups excluding carboxylic acids is 1. The van der Waals surface area contributed by atoms with Gasteiger partial charge in [-0.1, -0.05) is 276 Å². The van der Waals surface area contributed by atoms with Gasteiger partial charge >= 0.3 is 0 Å². The summed E-state index contributed by atoms with van der Waals surface area (Å²) in [6.07, 6.45) is 45.2. The van der Waals surface area contributed by atoms with E-state index in [0.717, 1.165) is 64.2 Å². The fraction of sp³-hybridized carbons (Fsp3) is 0.955. The van der Waals surface area contributed by atoms with Crippen LogP contribution in [0.2, 0.25) is 0 Å². The van der Waals surface area contributed by atoms with Crippen molar-refractivity contribution in [2.75, 3.05) is 19.8 Å². The van der Waals surface area contributed by atoms with Gasteiger partial charge in [0.05, 0.1) is 32.0 Å². The average molecular weight is 1140 g/mol. The maximum atomic E-state index is 13.3. The molecule has 2 aliphatic rings. The van der Waals surface area contributed by atoms with Gasteiger partial charge in [0.15, 0.2) is 12.6 Å². The fourth-order valence-corrected chi connectivity index (χ4v) is 11.5. The molecular formula is C66H127NO13. The standard InChI is InChI=1S/C66H127NO13/c1-3-5-7-9-11-13-15-17-19-21-22-23-24-25-26-27-28-29-30-31-32-33-34-35-37-39-41-43-45-47-49-55(70)54(67-58(71)50-48-46-44-42-40-38-36-20-18-16-14-12-10-8-6-4-2)53-77-65-63(76)61(74)64(57(52-69)79-65)80-66-62(75)60(73)59(72)56(51-68)78-66/h20,36,54-57,59-66,68-70,72-76H,3-19,21-35,37-53H2,1-2H3,(H,67,71)/b36-20-. The molecule has 12 unspecified atom stereocenters. The van der Waals surface area contributed by atoms with Gasteiger partial charge in [-0.2, -0.15) is 0 Å². The molecule has 0 saturated carbocycles. The number of aliphatic hydroxyl groups excluding tert-OH is 8. The number of allylic oxidation sites excluding steroid dienone is 2. The van der Waals surface area contributed by atoms with Gasteiger partial charge in [-0.15, -0.1) is 0 Å². The van der Waals surface area contributed by atoms with Crippen LogP contribution in [-0.2, 0) is 23.7 Å². The molecule has 2 saturated heterocycles. The zero-order valence-electron chi connectivity index (χ0n) is 51.4. The molecule has 0 aromatic carbocycles. The minimum Gasteiger partial charge on any atom is -0.394 e. The number of nitrogens with one attached hydrogen (secondary N) is 1. The molecule has 0 aromatic heterocycles. The topological polar surface area (TPSA) is 228 Å². The number of hydrogen-bond donors (Lipinski definition) is 9. The molecule has 9 N–H and O–H groups in total. The molecule has 2 fully saturated rings. The summed E-state index contributed by atoms with van der Waals surface area (Å²) < 4.78 is 22.9. The summed E-state index contributed by atoms with van der Waals surface area (Å²) in [5.74, 6) is -0.210. The van der Waals surface area contributed by atoms with E-state index >= 15 is 0 Å². The Morgan fingerprint density at radius 1 is 0.438 bits per heavy atom. The van der Waals surface area contributed by atoms with Crippen molar-refractivity contribution in [3.05, 3.63) is 12.2 Å². The van der Waals surface area contributed by atoms with E-state index in [1.165, 1.54) is 212 Å². The smallest absolute Gasteiger partial charge is 0.220 e. The summed E-state index contributed by atoms with van der Waals surface area (Å²) in [5, 5.41) is 87.5. The van der Waals surface area contributed by atoms with Crippen molar-refractivity contribution in [1.29, 1.82) is 0 Å². The number of unbranched alkanes of at least 4 members (excludes halogenated alkanes) is 41. The van der Waals surface area contributed by atoms with Crippen molar-refractivity contribution < 1.29 is 64.6 Å². The molecule has 0 bridgehead atoms. The van der Waals surface area contributed by atoms with Gasteiger partial charge in [0, 0.05) is 6.42 Å². The zero-order chi connectivity index (χ0) is 58.1. The lowest BCUT2D eigenvalue weighted by Crippen LogP contribution is -2.65. The number of ether oxygens (including phenoxy) is 4. The Labute approximate surface area is 488 Å². The second-order valence-electron chi connectivity index (χ2n) is 24.3. The molecule has 0 aliphatic carbocycles. The van der Waals surface area contributed by atoms with Crippen LogP contribution in [0.25, 0.3) is 0 Å². The predicted molar refractivity (Wildman–Crippen MR) is 323 cm³/mol. The molecule has 1 amide bonds. The lowest BCUT2D eigenvalue weighted by molar-refractivity contribution is -0.359. The van der Waals surface area contributed by atoms with Gasteiger partial charge in [-0.25, -0.2) is 0 Å². The zero-order valence-corrected chi connectivity index (χ0v) is 51.4. The first kappa shape index (κ1) is 74.8. The van der Waals surface area contributed by atoms with E-state index in [1.54, 1.807) is 0 Å². The van der Waals surface area contributed by atoms with E-state index in [9.17, 15) is 45.6 Å². The minimum atomic E-state index is -1.78. The predicted octanol–water partition coefficient (Wildman–Crippen LogP) is 13.0. The Balaban J connectivity index is 1.65. The number of aliphatic hydroxyl groups is 8. The third-order valence-corrected chi connectivity index (χ3v) is 17.0. The number of hydrogen-bond acceptors (Lipinski definition) is 13. The summed E-state index contributed by atoms with van der Waals surface area (Å²) in [5.41, 5.74) is 0. The molecule has 14 nitrogen and oxygen atoms in total. The third kappa shape index (κ3) is 36.5. The Hall–Kier alpha value is -1.27. The first-order valence-electron chi connectivity index (χ1n) is 33.9. The fourth-order valence-electron chi connectivity index (χ4n) is 11.5. The lowest BCUT2D eigenvalue weighted by atomic mass is 9.97. The largest absolute Gasteiger partial charge is 0.394 e. The van der Waals surface area contributed by atoms with Crippen molar-refractivity contribution in [2.45, 2.75) is 383 Å². The number of carbonyl (C=O) groups is 1. The van der Waals surface area contributed by atoms with Gasteiger partial charge in [-0.3, -0.25) is 4.79 Å². The molecule has 12 atom stereocenters. The van der Waals surface area contributed by atoms with Crippen LogP contribution in [0.15, 0.2) is 12.2 Å². The molecule has 14 heteroatoms. The maximum Gasteiger partial charge on any atom is 0.220 e. The second-order valence-corrected chi connectivity index (χ2v) is 24.3. The molecular weight excluding hydrogens is 1010 g/mol. The van der Waals surface area contributed by atoms with Crippen LogP contribution in [-0.4, -0.2) is 140 Å². The second kappa shape index (κ2) is 52.1. The van der Waals surface area contributed by atoms with Crippen molar-refractivity contribution >= 4 is 5.91 Å². The third-order valence-electron chi connectivity index (χ3n) is 17.0. The van der Waals surface area contributed by atoms with Crippen LogP contribution in [0.1, 0.15) is 309 Å². The van der Waals surface area contributed by atoms with Crippen molar-refractivity contribution in [1.82, 2.24) is 5.32 Å². The first-order valence-corrected chi connectivity index (χ1v) is 33.9. The number of rotatable bonds is 56. The van der Waals surface area contributed by atoms with Gasteiger partial charge in [0.25, 0.3) is 0 Å². The minimum absolute atomic E-state index is 0.210. The summed E-state index contributed by atoms with van der Waals surface area (Å²) in [4.78, 5) is 13.3. The maximum absolute atomic E-state index is 13.3. The van der Waals surface area contributed by atoms with E-state index < -0.39 is 86.8 Å². The molecule has 2 rings (SSSR count). The van der Waals surface area contributed by atoms with Gasteiger partial charge in [0.1, 0.15) is 48.8 Å². The summed E-state index contributed by atoms with van der Waals surface area (Å²) in [6, 6.07) is -0.831. The van der Waals surface area contributed by atoms with Crippen LogP contribution in [0.5, 0.6) is 0 Å². The summed E-state index contributed by atoms with van der Waals surface area (Å²) in [6.45, 7) is 2.89. The Bertz CT molecular complexity index is 1390. The Morgan fingerprint density at radius 3 is 1.19 bits per heavy atom. The van der Waals surface area contributed by atoms with Gasteiger partial charge in [0.2, 0.25) is 5.91 Å². The van der Waals surface area contributed by atoms with E-state index in [2.05, 4.69) is 31.3 Å². The summed E-state index contributed by atoms with van der Waals surface area (Å²) >= 11 is 0. The van der Waals surface area contributed by atoms with Crippen molar-refractivity contribution in [2.24, 2.45) is 0 Å². The van der Waals surface area contributed by atoms with Crippen LogP contribution < -0.4 is 5.32 Å². The molecule has 2 heterocycles. The van der Waals surface area contributed by atoms with E-state index in [-0.39, 0.29) is 12.5 Å². The van der Waals surface area contributed by atoms with Gasteiger partial charge < -0.3 is 65.1 Å². The van der Waals surface area contributed by atoms with Crippen molar-refractivity contribution in [3.8, 4) is 0 Å². The SMILES string of the molecule is CCCCCCCCC/C=C\CCCCCCCC(=O)NC(COC1OC(CO)C(OC2OC(CO)C(O)C(O)C2O)C(O)C1O)C(O)CCCCCCCCCCCCCCCCCCCCCCCCCCCCCCCC. The van der Waals surface area contributed by atoms with Crippen LogP contribution in [0.3, 0.4) is 0 Å². The highest BCUT2D eigenvalue weighted by atomic mass is 16.7. The lowest BCUT2D eigenvalue weighted by Gasteiger charge is -2.46. The Kier molecular flexibility index (Phi) is 48.7. The van der Waals surface area contributed by atoms with E-state index in [4.69, 9.17) is 18.9 Å². The highest BCUT2D eigenvalue weighted by Gasteiger charge is 2.51. The highest BCUT2D eigenvalue weighted by Crippen LogP contribution is 2.30. The molecule has 474 valence electrons. The molecule has 0 radical (unpaired) electrons. The first-order chi connectivity index (χ1) is 39.1. The monoisotopic (exact) mass is 1140 g/mol. The van der Waals surface area contributed by atoms with Crippen molar-refractivity contribution in [3.63, 3.8) is 0 Å².